The van der Waals surface area contributed by atoms with Gasteiger partial charge in [-0.25, -0.2) is 9.80 Å². The summed E-state index contributed by atoms with van der Waals surface area (Å²) in [6.07, 6.45) is -0.146. The van der Waals surface area contributed by atoms with Gasteiger partial charge in [-0.3, -0.25) is 9.91 Å². The Morgan fingerprint density at radius 1 is 1.14 bits per heavy atom. The van der Waals surface area contributed by atoms with Crippen molar-refractivity contribution in [2.75, 3.05) is 35.8 Å². The number of hydrazine groups is 1. The van der Waals surface area contributed by atoms with Crippen LogP contribution in [0.1, 0.15) is 13.8 Å². The van der Waals surface area contributed by atoms with Gasteiger partial charge in [-0.2, -0.15) is 0 Å². The molecular formula is C15H20N4O3. The monoisotopic (exact) mass is 304 g/mol. The number of rotatable bonds is 0. The lowest BCUT2D eigenvalue weighted by molar-refractivity contribution is -0.144. The number of hydrogen-bond donors (Lipinski definition) is 1. The molecule has 0 spiro atoms. The summed E-state index contributed by atoms with van der Waals surface area (Å²) in [6.45, 7) is 4.89. The first-order chi connectivity index (χ1) is 10.4. The number of nitrogens with zero attached hydrogens (tertiary/aromatic N) is 3. The van der Waals surface area contributed by atoms with Crippen LogP contribution in [0.5, 0.6) is 0 Å². The number of amides is 2. The van der Waals surface area contributed by atoms with Crippen LogP contribution in [0, 0.1) is 0 Å². The quantitative estimate of drug-likeness (QED) is 0.734. The molecule has 3 heterocycles. The van der Waals surface area contributed by atoms with E-state index in [1.54, 1.807) is 17.0 Å². The molecule has 2 unspecified atom stereocenters. The van der Waals surface area contributed by atoms with Crippen molar-refractivity contribution in [2.24, 2.45) is 0 Å². The molecule has 2 amide bonds. The fourth-order valence-electron chi connectivity index (χ4n) is 3.47. The molecule has 0 bridgehead atoms. The zero-order valence-electron chi connectivity index (χ0n) is 12.9. The number of hydrogen-bond acceptors (Lipinski definition) is 5. The fraction of sp³-hybridized carbons (Fsp3) is 0.533. The van der Waals surface area contributed by atoms with E-state index in [1.807, 2.05) is 37.1 Å². The average Bonchev–Trinajstić information content (AvgIpc) is 2.76. The van der Waals surface area contributed by atoms with Gasteiger partial charge < -0.3 is 15.2 Å². The molecular weight excluding hydrogens is 284 g/mol. The van der Waals surface area contributed by atoms with Gasteiger partial charge in [0.25, 0.3) is 0 Å². The van der Waals surface area contributed by atoms with Crippen LogP contribution >= 0.6 is 0 Å². The average molecular weight is 304 g/mol. The van der Waals surface area contributed by atoms with Crippen molar-refractivity contribution < 1.29 is 14.3 Å². The van der Waals surface area contributed by atoms with Gasteiger partial charge in [-0.15, -0.1) is 0 Å². The summed E-state index contributed by atoms with van der Waals surface area (Å²) in [5.74, 6) is -0.607. The van der Waals surface area contributed by atoms with E-state index >= 15 is 0 Å². The Labute approximate surface area is 129 Å². The third-order valence-electron chi connectivity index (χ3n) is 4.43. The van der Waals surface area contributed by atoms with Crippen LogP contribution in [0.4, 0.5) is 21.9 Å². The Hall–Kier alpha value is -1.99. The van der Waals surface area contributed by atoms with Crippen LogP contribution in [0.3, 0.4) is 0 Å². The highest BCUT2D eigenvalue weighted by atomic mass is 16.8. The Kier molecular flexibility index (Phi) is 2.65. The van der Waals surface area contributed by atoms with Crippen LogP contribution in [0.15, 0.2) is 18.2 Å². The zero-order valence-corrected chi connectivity index (χ0v) is 12.9. The first-order valence-electron chi connectivity index (χ1n) is 7.43. The van der Waals surface area contributed by atoms with Gasteiger partial charge >= 0.3 is 6.03 Å². The van der Waals surface area contributed by atoms with Crippen molar-refractivity contribution in [1.82, 2.24) is 5.01 Å². The number of carbonyl (C=O) groups excluding carboxylic acids is 1. The van der Waals surface area contributed by atoms with Gasteiger partial charge in [0.15, 0.2) is 5.79 Å². The van der Waals surface area contributed by atoms with E-state index in [2.05, 4.69) is 0 Å². The maximum Gasteiger partial charge on any atom is 0.343 e. The van der Waals surface area contributed by atoms with Crippen molar-refractivity contribution in [3.05, 3.63) is 18.2 Å². The molecule has 22 heavy (non-hydrogen) atoms. The third-order valence-corrected chi connectivity index (χ3v) is 4.43. The number of nitrogens with two attached hydrogens (primary N) is 1. The summed E-state index contributed by atoms with van der Waals surface area (Å²) in [5, 5.41) is 3.70. The Bertz CT molecular complexity index is 648. The Morgan fingerprint density at radius 2 is 1.77 bits per heavy atom. The zero-order chi connectivity index (χ0) is 15.6. The van der Waals surface area contributed by atoms with Gasteiger partial charge in [0.2, 0.25) is 0 Å². The van der Waals surface area contributed by atoms with Gasteiger partial charge in [0.05, 0.1) is 24.5 Å². The van der Waals surface area contributed by atoms with Crippen molar-refractivity contribution in [3.8, 4) is 0 Å². The first-order valence-corrected chi connectivity index (χ1v) is 7.43. The van der Waals surface area contributed by atoms with Crippen LogP contribution in [0.2, 0.25) is 0 Å². The number of urea groups is 1. The van der Waals surface area contributed by atoms with E-state index in [4.69, 9.17) is 15.2 Å². The van der Waals surface area contributed by atoms with E-state index in [0.29, 0.717) is 18.8 Å². The number of fused-ring (bicyclic) bond motifs is 4. The van der Waals surface area contributed by atoms with Crippen molar-refractivity contribution in [3.63, 3.8) is 0 Å². The van der Waals surface area contributed by atoms with Gasteiger partial charge in [-0.05, 0) is 32.0 Å². The van der Waals surface area contributed by atoms with E-state index in [1.165, 1.54) is 0 Å². The van der Waals surface area contributed by atoms with Gasteiger partial charge in [-0.1, -0.05) is 0 Å². The molecule has 0 aliphatic carbocycles. The van der Waals surface area contributed by atoms with Crippen molar-refractivity contribution in [1.29, 1.82) is 0 Å². The van der Waals surface area contributed by atoms with Crippen LogP contribution in [-0.2, 0) is 9.47 Å². The van der Waals surface area contributed by atoms with Crippen LogP contribution in [-0.4, -0.2) is 49.2 Å². The van der Waals surface area contributed by atoms with Crippen LogP contribution in [0.25, 0.3) is 0 Å². The maximum absolute atomic E-state index is 12.7. The summed E-state index contributed by atoms with van der Waals surface area (Å²) in [7, 11) is 1.76. The lowest BCUT2D eigenvalue weighted by Gasteiger charge is -2.49. The van der Waals surface area contributed by atoms with Gasteiger partial charge in [0, 0.05) is 12.7 Å². The van der Waals surface area contributed by atoms with E-state index in [0.717, 1.165) is 11.4 Å². The molecule has 2 atom stereocenters. The molecule has 1 aromatic rings. The van der Waals surface area contributed by atoms with E-state index < -0.39 is 5.79 Å². The topological polar surface area (TPSA) is 71.3 Å². The van der Waals surface area contributed by atoms with E-state index in [9.17, 15) is 4.79 Å². The number of benzene rings is 1. The summed E-state index contributed by atoms with van der Waals surface area (Å²) in [6, 6.07) is 5.54. The molecule has 0 aromatic heterocycles. The minimum absolute atomic E-state index is 0.0483. The van der Waals surface area contributed by atoms with Crippen molar-refractivity contribution in [2.45, 2.75) is 31.8 Å². The minimum atomic E-state index is -0.607. The highest BCUT2D eigenvalue weighted by Gasteiger charge is 2.50. The van der Waals surface area contributed by atoms with Crippen molar-refractivity contribution >= 4 is 23.1 Å². The number of carbonyl (C=O) groups is 1. The molecule has 3 aliphatic rings. The smallest absolute Gasteiger partial charge is 0.343 e. The predicted octanol–water partition coefficient (Wildman–Crippen LogP) is 1.40. The summed E-state index contributed by atoms with van der Waals surface area (Å²) in [5.41, 5.74) is 8.28. The highest BCUT2D eigenvalue weighted by molar-refractivity contribution is 6.00. The van der Waals surface area contributed by atoms with E-state index in [-0.39, 0.29) is 18.2 Å². The SMILES string of the molecule is CN1C(=O)N2CC3OC(C)(C)OC3CN2c2ccc(N)cc21. The summed E-state index contributed by atoms with van der Waals surface area (Å²) < 4.78 is 11.9. The maximum atomic E-state index is 12.7. The summed E-state index contributed by atoms with van der Waals surface area (Å²) >= 11 is 0. The molecule has 7 heteroatoms. The standard InChI is InChI=1S/C15H20N4O3/c1-15(2)21-12-7-18-10-5-4-9(16)6-11(10)17(3)14(20)19(18)8-13(12)22-15/h4-6,12-13H,7-8,16H2,1-3H3. The molecule has 118 valence electrons. The molecule has 7 nitrogen and oxygen atoms in total. The Morgan fingerprint density at radius 3 is 2.45 bits per heavy atom. The molecule has 3 aliphatic heterocycles. The number of anilines is 3. The predicted molar refractivity (Wildman–Crippen MR) is 82.5 cm³/mol. The molecule has 1 aromatic carbocycles. The Balaban J connectivity index is 1.74. The molecule has 4 rings (SSSR count). The van der Waals surface area contributed by atoms with Crippen LogP contribution < -0.4 is 15.6 Å². The molecule has 2 N–H and O–H groups in total. The van der Waals surface area contributed by atoms with Gasteiger partial charge in [0.1, 0.15) is 12.2 Å². The second kappa shape index (κ2) is 4.27. The normalized spacial score (nSPS) is 29.2. The molecule has 0 radical (unpaired) electrons. The largest absolute Gasteiger partial charge is 0.399 e. The number of nitrogen functional groups attached to an aromatic ring is 1. The molecule has 0 saturated carbocycles. The second-order valence-electron chi connectivity index (χ2n) is 6.47. The first kappa shape index (κ1) is 13.7. The second-order valence-corrected chi connectivity index (χ2v) is 6.47. The molecule has 2 saturated heterocycles. The minimum Gasteiger partial charge on any atom is -0.399 e. The molecule has 2 fully saturated rings. The fourth-order valence-corrected chi connectivity index (χ4v) is 3.47. The highest BCUT2D eigenvalue weighted by Crippen LogP contribution is 2.41. The number of ether oxygens (including phenoxy) is 2. The summed E-state index contributed by atoms with van der Waals surface area (Å²) in [4.78, 5) is 14.3. The lowest BCUT2D eigenvalue weighted by atomic mass is 10.1. The lowest BCUT2D eigenvalue weighted by Crippen LogP contribution is -2.64. The third kappa shape index (κ3) is 1.85.